The zero-order valence-electron chi connectivity index (χ0n) is 15.0. The number of nitrogens with one attached hydrogen (secondary N) is 1. The first-order chi connectivity index (χ1) is 12.6. The lowest BCUT2D eigenvalue weighted by atomic mass is 9.72. The van der Waals surface area contributed by atoms with Crippen LogP contribution in [0.3, 0.4) is 0 Å². The first kappa shape index (κ1) is 16.6. The zero-order chi connectivity index (χ0) is 18.3. The summed E-state index contributed by atoms with van der Waals surface area (Å²) in [5, 5.41) is 0. The molecule has 2 aliphatic rings. The van der Waals surface area contributed by atoms with Crippen LogP contribution in [0.5, 0.6) is 0 Å². The molecule has 26 heavy (non-hydrogen) atoms. The molecule has 0 saturated carbocycles. The molecule has 1 atom stereocenters. The van der Waals surface area contributed by atoms with Crippen molar-refractivity contribution in [2.75, 3.05) is 0 Å². The van der Waals surface area contributed by atoms with E-state index in [1.165, 1.54) is 0 Å². The van der Waals surface area contributed by atoms with E-state index in [1.807, 2.05) is 25.3 Å². The summed E-state index contributed by atoms with van der Waals surface area (Å²) in [6, 6.07) is 10.9. The average molecular weight is 347 g/mol. The van der Waals surface area contributed by atoms with Crippen LogP contribution in [-0.4, -0.2) is 22.2 Å². The van der Waals surface area contributed by atoms with Gasteiger partial charge in [-0.05, 0) is 31.1 Å². The van der Waals surface area contributed by atoms with E-state index in [9.17, 15) is 9.59 Å². The number of carbonyl (C=O) groups excluding carboxylic acids is 2. The molecule has 1 aromatic carbocycles. The first-order valence-electron chi connectivity index (χ1n) is 9.09. The molecule has 1 unspecified atom stereocenters. The van der Waals surface area contributed by atoms with Gasteiger partial charge < -0.3 is 9.72 Å². The van der Waals surface area contributed by atoms with E-state index < -0.39 is 5.60 Å². The average Bonchev–Trinajstić information content (AvgIpc) is 3.20. The molecule has 0 bridgehead atoms. The highest BCUT2D eigenvalue weighted by molar-refractivity contribution is 6.29. The monoisotopic (exact) mass is 347 g/mol. The summed E-state index contributed by atoms with van der Waals surface area (Å²) in [7, 11) is 0. The van der Waals surface area contributed by atoms with E-state index in [0.29, 0.717) is 40.9 Å². The van der Waals surface area contributed by atoms with Gasteiger partial charge in [-0.2, -0.15) is 0 Å². The number of allylic oxidation sites excluding steroid dienone is 2. The molecule has 1 aliphatic heterocycles. The fourth-order valence-electron chi connectivity index (χ4n) is 4.03. The molecule has 2 aromatic rings. The minimum Gasteiger partial charge on any atom is -0.480 e. The summed E-state index contributed by atoms with van der Waals surface area (Å²) in [5.74, 6) is 0.424. The lowest BCUT2D eigenvalue weighted by Crippen LogP contribution is -2.43. The van der Waals surface area contributed by atoms with E-state index in [4.69, 9.17) is 4.74 Å². The summed E-state index contributed by atoms with van der Waals surface area (Å²) in [5.41, 5.74) is 1.97. The molecular formula is C22H21NO3. The van der Waals surface area contributed by atoms with Gasteiger partial charge in [0.05, 0.1) is 11.3 Å². The Bertz CT molecular complexity index is 950. The number of carbonyl (C=O) groups is 2. The molecule has 0 radical (unpaired) electrons. The highest BCUT2D eigenvalue weighted by atomic mass is 16.5. The molecule has 1 aliphatic carbocycles. The maximum Gasteiger partial charge on any atom is 0.194 e. The number of fused-ring (bicyclic) bond motifs is 1. The lowest BCUT2D eigenvalue weighted by Gasteiger charge is -2.41. The minimum absolute atomic E-state index is 0.0905. The second-order valence-corrected chi connectivity index (χ2v) is 6.78. The van der Waals surface area contributed by atoms with Crippen molar-refractivity contribution in [2.24, 2.45) is 0 Å². The van der Waals surface area contributed by atoms with Crippen LogP contribution in [-0.2, 0) is 4.74 Å². The Hall–Kier alpha value is -2.88. The molecule has 0 saturated heterocycles. The van der Waals surface area contributed by atoms with Gasteiger partial charge in [-0.1, -0.05) is 44.5 Å². The molecule has 4 heteroatoms. The molecule has 0 spiro atoms. The number of hydrogen-bond acceptors (Lipinski definition) is 3. The Morgan fingerprint density at radius 1 is 1.00 bits per heavy atom. The van der Waals surface area contributed by atoms with Gasteiger partial charge in [0.2, 0.25) is 0 Å². The van der Waals surface area contributed by atoms with Gasteiger partial charge in [-0.25, -0.2) is 0 Å². The van der Waals surface area contributed by atoms with Crippen molar-refractivity contribution in [3.05, 3.63) is 76.6 Å². The van der Waals surface area contributed by atoms with E-state index in [2.05, 4.69) is 11.9 Å². The Morgan fingerprint density at radius 2 is 1.73 bits per heavy atom. The predicted octanol–water partition coefficient (Wildman–Crippen LogP) is 4.71. The Balaban J connectivity index is 1.97. The summed E-state index contributed by atoms with van der Waals surface area (Å²) in [4.78, 5) is 29.7. The Labute approximate surface area is 152 Å². The van der Waals surface area contributed by atoms with Gasteiger partial charge in [-0.3, -0.25) is 9.59 Å². The Morgan fingerprint density at radius 3 is 2.35 bits per heavy atom. The predicted molar refractivity (Wildman–Crippen MR) is 99.9 cm³/mol. The smallest absolute Gasteiger partial charge is 0.194 e. The highest BCUT2D eigenvalue weighted by Crippen LogP contribution is 2.45. The summed E-state index contributed by atoms with van der Waals surface area (Å²) in [6.45, 7) is 4.08. The number of benzene rings is 1. The van der Waals surface area contributed by atoms with E-state index >= 15 is 0 Å². The fraction of sp³-hybridized carbons (Fsp3) is 0.273. The van der Waals surface area contributed by atoms with E-state index in [-0.39, 0.29) is 11.6 Å². The quantitative estimate of drug-likeness (QED) is 0.871. The molecule has 132 valence electrons. The van der Waals surface area contributed by atoms with Crippen LogP contribution < -0.4 is 0 Å². The second kappa shape index (κ2) is 6.13. The van der Waals surface area contributed by atoms with Gasteiger partial charge >= 0.3 is 0 Å². The normalized spacial score (nSPS) is 21.8. The Kier molecular flexibility index (Phi) is 3.91. The lowest BCUT2D eigenvalue weighted by molar-refractivity contribution is 0.0493. The van der Waals surface area contributed by atoms with Gasteiger partial charge in [0.15, 0.2) is 11.6 Å². The second-order valence-electron chi connectivity index (χ2n) is 6.78. The zero-order valence-corrected chi connectivity index (χ0v) is 15.0. The van der Waals surface area contributed by atoms with Crippen LogP contribution in [0.4, 0.5) is 0 Å². The number of H-pyrrole nitrogens is 1. The number of aromatic amines is 1. The van der Waals surface area contributed by atoms with Crippen molar-refractivity contribution >= 4 is 17.3 Å². The highest BCUT2D eigenvalue weighted by Gasteiger charge is 2.47. The van der Waals surface area contributed by atoms with Crippen molar-refractivity contribution < 1.29 is 14.3 Å². The fourth-order valence-corrected chi connectivity index (χ4v) is 4.03. The number of ketones is 2. The molecule has 0 amide bonds. The third-order valence-electron chi connectivity index (χ3n) is 5.28. The number of ether oxygens (including phenoxy) is 1. The van der Waals surface area contributed by atoms with Gasteiger partial charge in [0.25, 0.3) is 0 Å². The van der Waals surface area contributed by atoms with Crippen LogP contribution in [0.1, 0.15) is 59.5 Å². The molecule has 2 heterocycles. The van der Waals surface area contributed by atoms with Crippen LogP contribution in [0.15, 0.2) is 59.8 Å². The molecule has 1 N–H and O–H groups in total. The number of Topliss-reactive ketones (excluding diaryl/α,β-unsaturated/α-hetero) is 2. The number of hydrogen-bond donors (Lipinski definition) is 1. The maximum absolute atomic E-state index is 13.3. The van der Waals surface area contributed by atoms with Gasteiger partial charge in [0, 0.05) is 22.9 Å². The van der Waals surface area contributed by atoms with E-state index in [1.54, 1.807) is 30.3 Å². The van der Waals surface area contributed by atoms with Crippen LogP contribution in [0.2, 0.25) is 0 Å². The van der Waals surface area contributed by atoms with Crippen molar-refractivity contribution in [1.82, 2.24) is 4.98 Å². The van der Waals surface area contributed by atoms with Gasteiger partial charge in [-0.15, -0.1) is 0 Å². The topological polar surface area (TPSA) is 59.2 Å². The maximum atomic E-state index is 13.3. The number of rotatable bonds is 4. The molecule has 4 rings (SSSR count). The SMILES string of the molecule is CCCC1(CC)OC(c2ccc[nH]2)=CC2=C1C(=O)c1ccccc1C2=O. The van der Waals surface area contributed by atoms with Gasteiger partial charge in [0.1, 0.15) is 11.4 Å². The summed E-state index contributed by atoms with van der Waals surface area (Å²) in [6.07, 6.45) is 5.70. The summed E-state index contributed by atoms with van der Waals surface area (Å²) < 4.78 is 6.41. The van der Waals surface area contributed by atoms with Crippen LogP contribution in [0.25, 0.3) is 5.76 Å². The van der Waals surface area contributed by atoms with Crippen LogP contribution >= 0.6 is 0 Å². The van der Waals surface area contributed by atoms with Crippen molar-refractivity contribution in [3.8, 4) is 0 Å². The number of aromatic nitrogens is 1. The van der Waals surface area contributed by atoms with E-state index in [0.717, 1.165) is 12.1 Å². The molecule has 1 aromatic heterocycles. The summed E-state index contributed by atoms with van der Waals surface area (Å²) >= 11 is 0. The van der Waals surface area contributed by atoms with Crippen molar-refractivity contribution in [2.45, 2.75) is 38.7 Å². The van der Waals surface area contributed by atoms with Crippen molar-refractivity contribution in [3.63, 3.8) is 0 Å². The van der Waals surface area contributed by atoms with Crippen LogP contribution in [0, 0.1) is 0 Å². The first-order valence-corrected chi connectivity index (χ1v) is 9.09. The molecule has 0 fully saturated rings. The minimum atomic E-state index is -0.778. The molecule has 4 nitrogen and oxygen atoms in total. The third kappa shape index (κ3) is 2.29. The molecular weight excluding hydrogens is 326 g/mol. The standard InChI is InChI=1S/C22H21NO3/c1-3-11-22(4-2)19-16(13-18(26-22)17-10-7-12-23-17)20(24)14-8-5-6-9-15(14)21(19)25/h5-10,12-13,23H,3-4,11H2,1-2H3. The third-order valence-corrected chi connectivity index (χ3v) is 5.28. The largest absolute Gasteiger partial charge is 0.480 e. The van der Waals surface area contributed by atoms with Crippen molar-refractivity contribution in [1.29, 1.82) is 0 Å².